The molecule has 0 spiro atoms. The van der Waals surface area contributed by atoms with Crippen LogP contribution in [0, 0.1) is 5.92 Å². The van der Waals surface area contributed by atoms with Crippen LogP contribution in [-0.2, 0) is 0 Å². The van der Waals surface area contributed by atoms with Crippen molar-refractivity contribution in [2.75, 3.05) is 19.1 Å². The Morgan fingerprint density at radius 2 is 2.20 bits per heavy atom. The summed E-state index contributed by atoms with van der Waals surface area (Å²) in [4.78, 5) is 0. The van der Waals surface area contributed by atoms with Crippen LogP contribution in [0.2, 0.25) is 0 Å². The van der Waals surface area contributed by atoms with E-state index in [0.29, 0.717) is 6.04 Å². The largest absolute Gasteiger partial charge is 0.316 e. The molecule has 0 aliphatic heterocycles. The third-order valence-corrected chi connectivity index (χ3v) is 5.66. The molecule has 0 aromatic carbocycles. The third-order valence-electron chi connectivity index (χ3n) is 2.51. The molecule has 84 valence electrons. The smallest absolute Gasteiger partial charge is 0.175 e. The van der Waals surface area contributed by atoms with Crippen LogP contribution in [0.4, 0.5) is 0 Å². The first-order valence-corrected chi connectivity index (χ1v) is 8.03. The topological polar surface area (TPSA) is 37.8 Å². The number of hydrogen-bond acceptors (Lipinski definition) is 6. The van der Waals surface area contributed by atoms with E-state index in [1.165, 1.54) is 12.8 Å². The minimum Gasteiger partial charge on any atom is -0.316 e. The van der Waals surface area contributed by atoms with Crippen molar-refractivity contribution < 1.29 is 0 Å². The Hall–Kier alpha value is 0.220. The normalized spacial score (nSPS) is 18.0. The third kappa shape index (κ3) is 3.34. The molecular weight excluding hydrogens is 246 g/mol. The molecule has 1 aromatic heterocycles. The van der Waals surface area contributed by atoms with Gasteiger partial charge in [-0.2, -0.15) is 0 Å². The summed E-state index contributed by atoms with van der Waals surface area (Å²) in [6.07, 6.45) is 4.81. The fourth-order valence-corrected chi connectivity index (χ4v) is 4.15. The number of hydrogen-bond donors (Lipinski definition) is 1. The molecule has 1 fully saturated rings. The van der Waals surface area contributed by atoms with Crippen molar-refractivity contribution in [3.05, 3.63) is 0 Å². The molecule has 3 nitrogen and oxygen atoms in total. The van der Waals surface area contributed by atoms with Crippen LogP contribution in [0.5, 0.6) is 0 Å². The minimum absolute atomic E-state index is 0.650. The molecule has 6 heteroatoms. The molecule has 1 aromatic rings. The van der Waals surface area contributed by atoms with Gasteiger partial charge in [0.05, 0.1) is 0 Å². The molecule has 1 unspecified atom stereocenters. The Balaban J connectivity index is 1.80. The van der Waals surface area contributed by atoms with Gasteiger partial charge in [-0.3, -0.25) is 0 Å². The van der Waals surface area contributed by atoms with Gasteiger partial charge >= 0.3 is 0 Å². The van der Waals surface area contributed by atoms with E-state index in [1.54, 1.807) is 23.1 Å². The summed E-state index contributed by atoms with van der Waals surface area (Å²) in [7, 11) is 2.05. The molecule has 1 atom stereocenters. The standard InChI is InChI=1S/C9H15N3S3/c1-10-7(6-3-4-6)5-14-9-12-11-8(13-2)15-9/h6-7,10H,3-5H2,1-2H3. The summed E-state index contributed by atoms with van der Waals surface area (Å²) < 4.78 is 2.16. The summed E-state index contributed by atoms with van der Waals surface area (Å²) in [6, 6.07) is 0.650. The van der Waals surface area contributed by atoms with Crippen molar-refractivity contribution in [3.63, 3.8) is 0 Å². The van der Waals surface area contributed by atoms with Crippen molar-refractivity contribution in [2.24, 2.45) is 5.92 Å². The van der Waals surface area contributed by atoms with Gasteiger partial charge in [-0.15, -0.1) is 10.2 Å². The zero-order valence-electron chi connectivity index (χ0n) is 8.90. The van der Waals surface area contributed by atoms with Gasteiger partial charge in [0.1, 0.15) is 0 Å². The maximum atomic E-state index is 4.16. The fraction of sp³-hybridized carbons (Fsp3) is 0.778. The predicted octanol–water partition coefficient (Wildman–Crippen LogP) is 2.35. The highest BCUT2D eigenvalue weighted by atomic mass is 32.2. The van der Waals surface area contributed by atoms with E-state index in [4.69, 9.17) is 0 Å². The van der Waals surface area contributed by atoms with Crippen molar-refractivity contribution in [1.82, 2.24) is 15.5 Å². The first-order valence-electron chi connectivity index (χ1n) is 5.01. The van der Waals surface area contributed by atoms with Gasteiger partial charge < -0.3 is 5.32 Å². The van der Waals surface area contributed by atoms with E-state index in [9.17, 15) is 0 Å². The van der Waals surface area contributed by atoms with Gasteiger partial charge in [0.2, 0.25) is 0 Å². The van der Waals surface area contributed by atoms with Crippen LogP contribution >= 0.6 is 34.9 Å². The average Bonchev–Trinajstić information content (AvgIpc) is 2.98. The van der Waals surface area contributed by atoms with Gasteiger partial charge in [0.15, 0.2) is 8.68 Å². The van der Waals surface area contributed by atoms with E-state index in [-0.39, 0.29) is 0 Å². The molecule has 0 saturated heterocycles. The number of nitrogens with zero attached hydrogens (tertiary/aromatic N) is 2. The average molecular weight is 261 g/mol. The highest BCUT2D eigenvalue weighted by molar-refractivity contribution is 8.03. The van der Waals surface area contributed by atoms with Crippen molar-refractivity contribution in [3.8, 4) is 0 Å². The first kappa shape index (κ1) is 11.7. The maximum absolute atomic E-state index is 4.16. The van der Waals surface area contributed by atoms with Crippen LogP contribution in [0.1, 0.15) is 12.8 Å². The number of thioether (sulfide) groups is 2. The van der Waals surface area contributed by atoms with Crippen LogP contribution < -0.4 is 5.32 Å². The predicted molar refractivity (Wildman–Crippen MR) is 68.0 cm³/mol. The van der Waals surface area contributed by atoms with Crippen LogP contribution in [-0.4, -0.2) is 35.3 Å². The van der Waals surface area contributed by atoms with Crippen molar-refractivity contribution in [2.45, 2.75) is 27.6 Å². The molecule has 0 bridgehead atoms. The first-order chi connectivity index (χ1) is 7.33. The second-order valence-corrected chi connectivity index (χ2v) is 6.88. The van der Waals surface area contributed by atoms with Crippen molar-refractivity contribution >= 4 is 34.9 Å². The highest BCUT2D eigenvalue weighted by Gasteiger charge is 2.30. The Labute approximate surface area is 103 Å². The molecule has 2 rings (SSSR count). The van der Waals surface area contributed by atoms with E-state index >= 15 is 0 Å². The molecule has 1 aliphatic carbocycles. The zero-order chi connectivity index (χ0) is 10.7. The zero-order valence-corrected chi connectivity index (χ0v) is 11.3. The molecule has 1 saturated carbocycles. The van der Waals surface area contributed by atoms with Gasteiger partial charge in [-0.05, 0) is 32.1 Å². The summed E-state index contributed by atoms with van der Waals surface area (Å²) in [5.41, 5.74) is 0. The van der Waals surface area contributed by atoms with Gasteiger partial charge in [-0.1, -0.05) is 34.9 Å². The van der Waals surface area contributed by atoms with E-state index in [2.05, 4.69) is 22.6 Å². The van der Waals surface area contributed by atoms with Crippen LogP contribution in [0.25, 0.3) is 0 Å². The van der Waals surface area contributed by atoms with Gasteiger partial charge in [0, 0.05) is 11.8 Å². The molecule has 15 heavy (non-hydrogen) atoms. The Morgan fingerprint density at radius 1 is 1.47 bits per heavy atom. The molecule has 1 N–H and O–H groups in total. The summed E-state index contributed by atoms with van der Waals surface area (Å²) in [5.74, 6) is 2.01. The summed E-state index contributed by atoms with van der Waals surface area (Å²) in [6.45, 7) is 0. The quantitative estimate of drug-likeness (QED) is 0.796. The molecule has 1 heterocycles. The second-order valence-electron chi connectivity index (χ2n) is 3.58. The van der Waals surface area contributed by atoms with E-state index in [1.807, 2.05) is 18.0 Å². The van der Waals surface area contributed by atoms with Gasteiger partial charge in [0.25, 0.3) is 0 Å². The SMILES string of the molecule is CNC(CSc1nnc(SC)s1)C1CC1. The molecule has 0 radical (unpaired) electrons. The monoisotopic (exact) mass is 261 g/mol. The summed E-state index contributed by atoms with van der Waals surface area (Å²) >= 11 is 5.18. The number of rotatable bonds is 6. The van der Waals surface area contributed by atoms with E-state index in [0.717, 1.165) is 20.4 Å². The van der Waals surface area contributed by atoms with Gasteiger partial charge in [-0.25, -0.2) is 0 Å². The summed E-state index contributed by atoms with van der Waals surface area (Å²) in [5, 5.41) is 11.6. The Bertz CT molecular complexity index is 311. The Morgan fingerprint density at radius 3 is 2.73 bits per heavy atom. The molecular formula is C9H15N3S3. The van der Waals surface area contributed by atoms with Crippen LogP contribution in [0.3, 0.4) is 0 Å². The lowest BCUT2D eigenvalue weighted by Gasteiger charge is -2.12. The highest BCUT2D eigenvalue weighted by Crippen LogP contribution is 2.36. The molecule has 1 aliphatic rings. The fourth-order valence-electron chi connectivity index (χ4n) is 1.45. The lowest BCUT2D eigenvalue weighted by Crippen LogP contribution is -2.29. The lowest BCUT2D eigenvalue weighted by atomic mass is 10.2. The van der Waals surface area contributed by atoms with Crippen LogP contribution in [0.15, 0.2) is 8.68 Å². The van der Waals surface area contributed by atoms with Crippen molar-refractivity contribution in [1.29, 1.82) is 0 Å². The number of aromatic nitrogens is 2. The number of nitrogens with one attached hydrogen (secondary N) is 1. The second kappa shape index (κ2) is 5.52. The Kier molecular flexibility index (Phi) is 4.30. The van der Waals surface area contributed by atoms with E-state index < -0.39 is 0 Å². The molecule has 0 amide bonds. The lowest BCUT2D eigenvalue weighted by molar-refractivity contribution is 0.553. The maximum Gasteiger partial charge on any atom is 0.175 e. The minimum atomic E-state index is 0.650.